The first kappa shape index (κ1) is 12.9. The minimum Gasteiger partial charge on any atom is -0.389 e. The van der Waals surface area contributed by atoms with Crippen LogP contribution in [0.5, 0.6) is 0 Å². The maximum atomic E-state index is 13.7. The Balaban J connectivity index is 2.85. The van der Waals surface area contributed by atoms with Crippen molar-refractivity contribution in [2.75, 3.05) is 32.2 Å². The van der Waals surface area contributed by atoms with E-state index in [4.69, 9.17) is 22.7 Å². The molecule has 1 aromatic rings. The Morgan fingerprint density at radius 1 is 1.56 bits per heavy atom. The van der Waals surface area contributed by atoms with E-state index in [0.717, 1.165) is 0 Å². The Hall–Kier alpha value is -1.20. The average molecular weight is 242 g/mol. The average Bonchev–Trinajstić information content (AvgIpc) is 2.25. The van der Waals surface area contributed by atoms with E-state index in [0.29, 0.717) is 24.4 Å². The van der Waals surface area contributed by atoms with Gasteiger partial charge in [0.25, 0.3) is 0 Å². The minimum atomic E-state index is -0.330. The number of thiocarbonyl (C=S) groups is 1. The molecule has 3 nitrogen and oxygen atoms in total. The predicted molar refractivity (Wildman–Crippen MR) is 67.4 cm³/mol. The minimum absolute atomic E-state index is 0.199. The molecule has 0 bridgehead atoms. The highest BCUT2D eigenvalue weighted by atomic mass is 32.1. The van der Waals surface area contributed by atoms with Crippen molar-refractivity contribution in [2.24, 2.45) is 5.73 Å². The van der Waals surface area contributed by atoms with E-state index >= 15 is 0 Å². The fourth-order valence-corrected chi connectivity index (χ4v) is 1.45. The summed E-state index contributed by atoms with van der Waals surface area (Å²) in [6, 6.07) is 4.73. The van der Waals surface area contributed by atoms with Crippen LogP contribution in [-0.4, -0.2) is 32.3 Å². The van der Waals surface area contributed by atoms with Crippen LogP contribution in [0.15, 0.2) is 18.2 Å². The van der Waals surface area contributed by atoms with E-state index in [1.807, 2.05) is 0 Å². The zero-order chi connectivity index (χ0) is 12.1. The molecule has 0 aliphatic rings. The number of methoxy groups -OCH3 is 1. The second-order valence-corrected chi connectivity index (χ2v) is 3.88. The Morgan fingerprint density at radius 2 is 2.25 bits per heavy atom. The number of halogens is 1. The fourth-order valence-electron chi connectivity index (χ4n) is 1.32. The van der Waals surface area contributed by atoms with Gasteiger partial charge in [-0.2, -0.15) is 0 Å². The van der Waals surface area contributed by atoms with Gasteiger partial charge in [0, 0.05) is 26.3 Å². The molecule has 5 heteroatoms. The van der Waals surface area contributed by atoms with E-state index in [2.05, 4.69) is 0 Å². The van der Waals surface area contributed by atoms with Gasteiger partial charge in [0.2, 0.25) is 0 Å². The van der Waals surface area contributed by atoms with Gasteiger partial charge >= 0.3 is 0 Å². The van der Waals surface area contributed by atoms with E-state index in [1.54, 1.807) is 31.2 Å². The van der Waals surface area contributed by atoms with Crippen molar-refractivity contribution in [2.45, 2.75) is 0 Å². The highest BCUT2D eigenvalue weighted by Gasteiger charge is 2.08. The van der Waals surface area contributed by atoms with Crippen LogP contribution in [0.3, 0.4) is 0 Å². The smallest absolute Gasteiger partial charge is 0.147 e. The zero-order valence-corrected chi connectivity index (χ0v) is 10.2. The summed E-state index contributed by atoms with van der Waals surface area (Å²) in [7, 11) is 3.41. The molecular weight excluding hydrogens is 227 g/mol. The fraction of sp³-hybridized carbons (Fsp3) is 0.364. The van der Waals surface area contributed by atoms with E-state index in [9.17, 15) is 4.39 Å². The number of nitrogens with two attached hydrogens (primary N) is 1. The van der Waals surface area contributed by atoms with Crippen molar-refractivity contribution >= 4 is 22.9 Å². The Bertz CT molecular complexity index is 384. The molecule has 88 valence electrons. The lowest BCUT2D eigenvalue weighted by molar-refractivity contribution is 0.206. The summed E-state index contributed by atoms with van der Waals surface area (Å²) in [4.78, 5) is 1.98. The predicted octanol–water partition coefficient (Wildman–Crippen LogP) is 1.54. The molecule has 0 aliphatic carbocycles. The molecule has 0 fully saturated rings. The highest BCUT2D eigenvalue weighted by Crippen LogP contribution is 2.19. The van der Waals surface area contributed by atoms with Gasteiger partial charge in [0.1, 0.15) is 10.8 Å². The third kappa shape index (κ3) is 3.15. The second-order valence-electron chi connectivity index (χ2n) is 3.44. The molecule has 0 spiro atoms. The van der Waals surface area contributed by atoms with Crippen molar-refractivity contribution < 1.29 is 9.13 Å². The van der Waals surface area contributed by atoms with Gasteiger partial charge in [0.05, 0.1) is 12.3 Å². The molecule has 1 rings (SSSR count). The molecule has 0 atom stereocenters. The van der Waals surface area contributed by atoms with Gasteiger partial charge in [-0.15, -0.1) is 0 Å². The first-order valence-electron chi connectivity index (χ1n) is 4.85. The standard InChI is InChI=1S/C11H15FN2OS/c1-14(5-6-15-2)10-4-3-8(11(13)16)7-9(10)12/h3-4,7H,5-6H2,1-2H3,(H2,13,16). The summed E-state index contributed by atoms with van der Waals surface area (Å²) in [5.41, 5.74) is 6.47. The van der Waals surface area contributed by atoms with Crippen LogP contribution in [0, 0.1) is 5.82 Å². The normalized spacial score (nSPS) is 10.2. The van der Waals surface area contributed by atoms with Gasteiger partial charge in [-0.05, 0) is 18.2 Å². The quantitative estimate of drug-likeness (QED) is 0.795. The largest absolute Gasteiger partial charge is 0.389 e. The van der Waals surface area contributed by atoms with Gasteiger partial charge < -0.3 is 15.4 Å². The number of anilines is 1. The van der Waals surface area contributed by atoms with Crippen LogP contribution in [0.1, 0.15) is 5.56 Å². The molecule has 1 aromatic carbocycles. The van der Waals surface area contributed by atoms with Gasteiger partial charge in [0.15, 0.2) is 0 Å². The SMILES string of the molecule is COCCN(C)c1ccc(C(N)=S)cc1F. The van der Waals surface area contributed by atoms with Gasteiger partial charge in [-0.1, -0.05) is 12.2 Å². The molecule has 0 aromatic heterocycles. The van der Waals surface area contributed by atoms with Crippen molar-refractivity contribution in [3.63, 3.8) is 0 Å². The first-order valence-corrected chi connectivity index (χ1v) is 5.26. The van der Waals surface area contributed by atoms with Gasteiger partial charge in [-0.3, -0.25) is 0 Å². The number of benzene rings is 1. The summed E-state index contributed by atoms with van der Waals surface area (Å²) in [5.74, 6) is -0.330. The van der Waals surface area contributed by atoms with Crippen molar-refractivity contribution in [1.82, 2.24) is 0 Å². The lowest BCUT2D eigenvalue weighted by atomic mass is 10.2. The maximum Gasteiger partial charge on any atom is 0.147 e. The lowest BCUT2D eigenvalue weighted by Gasteiger charge is -2.19. The van der Waals surface area contributed by atoms with Crippen molar-refractivity contribution in [3.05, 3.63) is 29.6 Å². The molecule has 0 heterocycles. The van der Waals surface area contributed by atoms with E-state index in [1.165, 1.54) is 6.07 Å². The molecular formula is C11H15FN2OS. The molecule has 0 saturated heterocycles. The monoisotopic (exact) mass is 242 g/mol. The molecule has 0 amide bonds. The number of hydrogen-bond acceptors (Lipinski definition) is 3. The second kappa shape index (κ2) is 5.77. The number of ether oxygens (including phenoxy) is 1. The number of likely N-dealkylation sites (N-methyl/N-ethyl adjacent to an activating group) is 1. The van der Waals surface area contributed by atoms with Crippen LogP contribution >= 0.6 is 12.2 Å². The molecule has 16 heavy (non-hydrogen) atoms. The van der Waals surface area contributed by atoms with Gasteiger partial charge in [-0.25, -0.2) is 4.39 Å². The summed E-state index contributed by atoms with van der Waals surface area (Å²) >= 11 is 4.78. The van der Waals surface area contributed by atoms with Crippen LogP contribution in [0.4, 0.5) is 10.1 Å². The maximum absolute atomic E-state index is 13.7. The van der Waals surface area contributed by atoms with Crippen LogP contribution < -0.4 is 10.6 Å². The molecule has 0 aliphatic heterocycles. The Kier molecular flexibility index (Phi) is 4.64. The highest BCUT2D eigenvalue weighted by molar-refractivity contribution is 7.80. The summed E-state index contributed by atoms with van der Waals surface area (Å²) in [5, 5.41) is 0. The molecule has 0 saturated carbocycles. The third-order valence-electron chi connectivity index (χ3n) is 2.27. The van der Waals surface area contributed by atoms with Crippen LogP contribution in [0.2, 0.25) is 0 Å². The zero-order valence-electron chi connectivity index (χ0n) is 9.37. The first-order chi connectivity index (χ1) is 7.56. The number of hydrogen-bond donors (Lipinski definition) is 1. The number of rotatable bonds is 5. The van der Waals surface area contributed by atoms with E-state index in [-0.39, 0.29) is 10.8 Å². The molecule has 0 radical (unpaired) electrons. The van der Waals surface area contributed by atoms with Crippen molar-refractivity contribution in [1.29, 1.82) is 0 Å². The Morgan fingerprint density at radius 3 is 2.75 bits per heavy atom. The Labute approximate surface area is 100.0 Å². The summed E-state index contributed by atoms with van der Waals surface area (Å²) < 4.78 is 18.6. The summed E-state index contributed by atoms with van der Waals surface area (Å²) in [6.45, 7) is 1.17. The molecule has 0 unspecified atom stereocenters. The van der Waals surface area contributed by atoms with Crippen molar-refractivity contribution in [3.8, 4) is 0 Å². The molecule has 2 N–H and O–H groups in total. The van der Waals surface area contributed by atoms with Crippen LogP contribution in [0.25, 0.3) is 0 Å². The van der Waals surface area contributed by atoms with Crippen LogP contribution in [-0.2, 0) is 4.74 Å². The summed E-state index contributed by atoms with van der Waals surface area (Å²) in [6.07, 6.45) is 0. The lowest BCUT2D eigenvalue weighted by Crippen LogP contribution is -2.23. The number of nitrogens with zero attached hydrogens (tertiary/aromatic N) is 1. The topological polar surface area (TPSA) is 38.5 Å². The third-order valence-corrected chi connectivity index (χ3v) is 2.51. The van der Waals surface area contributed by atoms with E-state index < -0.39 is 0 Å².